The van der Waals surface area contributed by atoms with Gasteiger partial charge in [0.2, 0.25) is 0 Å². The third-order valence-electron chi connectivity index (χ3n) is 3.21. The minimum atomic E-state index is -0.154. The highest BCUT2D eigenvalue weighted by molar-refractivity contribution is 7.19. The lowest BCUT2D eigenvalue weighted by Crippen LogP contribution is -2.24. The summed E-state index contributed by atoms with van der Waals surface area (Å²) in [6.45, 7) is 8.91. The van der Waals surface area contributed by atoms with Gasteiger partial charge in [-0.2, -0.15) is 0 Å². The van der Waals surface area contributed by atoms with Crippen LogP contribution in [0.15, 0.2) is 0 Å². The second-order valence-electron chi connectivity index (χ2n) is 4.97. The fourth-order valence-electron chi connectivity index (χ4n) is 2.04. The summed E-state index contributed by atoms with van der Waals surface area (Å²) < 4.78 is 5.35. The normalized spacial score (nSPS) is 12.3. The van der Waals surface area contributed by atoms with E-state index in [0.29, 0.717) is 34.8 Å². The van der Waals surface area contributed by atoms with E-state index < -0.39 is 0 Å². The number of ether oxygens (including phenoxy) is 1. The lowest BCUT2D eigenvalue weighted by Gasteiger charge is -2.21. The van der Waals surface area contributed by atoms with Crippen LogP contribution < -0.4 is 21.1 Å². The second kappa shape index (κ2) is 7.38. The molecular formula is C14H25N3O2S. The van der Waals surface area contributed by atoms with E-state index >= 15 is 0 Å². The van der Waals surface area contributed by atoms with E-state index in [1.165, 1.54) is 11.3 Å². The van der Waals surface area contributed by atoms with Gasteiger partial charge in [0.1, 0.15) is 15.6 Å². The van der Waals surface area contributed by atoms with Gasteiger partial charge in [0.15, 0.2) is 5.75 Å². The van der Waals surface area contributed by atoms with E-state index in [9.17, 15) is 4.79 Å². The Kier molecular flexibility index (Phi) is 6.13. The quantitative estimate of drug-likeness (QED) is 0.723. The Hall–Kier alpha value is -1.43. The van der Waals surface area contributed by atoms with Gasteiger partial charge in [-0.3, -0.25) is 4.79 Å². The summed E-state index contributed by atoms with van der Waals surface area (Å²) in [6, 6.07) is 0.323. The number of nitrogen functional groups attached to an aromatic ring is 1. The van der Waals surface area contributed by atoms with Gasteiger partial charge in [0.25, 0.3) is 5.91 Å². The van der Waals surface area contributed by atoms with E-state index in [1.54, 1.807) is 7.11 Å². The zero-order chi connectivity index (χ0) is 15.3. The predicted octanol–water partition coefficient (Wildman–Crippen LogP) is 2.94. The molecule has 0 saturated carbocycles. The van der Waals surface area contributed by atoms with Crippen molar-refractivity contribution in [3.63, 3.8) is 0 Å². The minimum absolute atomic E-state index is 0.154. The molecule has 0 radical (unpaired) electrons. The Labute approximate surface area is 124 Å². The van der Waals surface area contributed by atoms with Crippen molar-refractivity contribution in [1.82, 2.24) is 5.32 Å². The number of thiophene rings is 1. The van der Waals surface area contributed by atoms with Gasteiger partial charge in [-0.1, -0.05) is 20.8 Å². The molecule has 6 heteroatoms. The molecule has 1 aromatic rings. The molecule has 1 atom stereocenters. The molecule has 0 aromatic carbocycles. The molecule has 1 heterocycles. The van der Waals surface area contributed by atoms with Crippen LogP contribution in [0.2, 0.25) is 0 Å². The first-order valence-corrected chi connectivity index (χ1v) is 7.78. The topological polar surface area (TPSA) is 76.4 Å². The van der Waals surface area contributed by atoms with Crippen LogP contribution in [0, 0.1) is 5.92 Å². The molecule has 20 heavy (non-hydrogen) atoms. The summed E-state index contributed by atoms with van der Waals surface area (Å²) in [5.41, 5.74) is 6.43. The number of carbonyl (C=O) groups is 1. The van der Waals surface area contributed by atoms with Crippen molar-refractivity contribution in [1.29, 1.82) is 0 Å². The van der Waals surface area contributed by atoms with Gasteiger partial charge in [-0.05, 0) is 19.3 Å². The Morgan fingerprint density at radius 1 is 1.40 bits per heavy atom. The lowest BCUT2D eigenvalue weighted by molar-refractivity contribution is 0.0960. The number of carbonyl (C=O) groups excluding carboxylic acids is 1. The number of methoxy groups -OCH3 is 1. The monoisotopic (exact) mass is 299 g/mol. The third kappa shape index (κ3) is 3.56. The maximum Gasteiger partial charge on any atom is 0.263 e. The van der Waals surface area contributed by atoms with Crippen molar-refractivity contribution in [2.24, 2.45) is 5.92 Å². The Bertz CT molecular complexity index is 458. The summed E-state index contributed by atoms with van der Waals surface area (Å²) >= 11 is 1.35. The second-order valence-corrected chi connectivity index (χ2v) is 5.99. The molecule has 1 unspecified atom stereocenters. The number of hydrogen-bond donors (Lipinski definition) is 3. The molecule has 0 saturated heterocycles. The van der Waals surface area contributed by atoms with Gasteiger partial charge in [0.05, 0.1) is 7.11 Å². The maximum atomic E-state index is 12.0. The number of rotatable bonds is 7. The number of nitrogens with two attached hydrogens (primary N) is 1. The summed E-state index contributed by atoms with van der Waals surface area (Å²) in [5, 5.41) is 7.03. The van der Waals surface area contributed by atoms with E-state index in [2.05, 4.69) is 31.4 Å². The number of hydrogen-bond acceptors (Lipinski definition) is 5. The molecule has 0 aliphatic carbocycles. The summed E-state index contributed by atoms with van der Waals surface area (Å²) in [6.07, 6.45) is 0.995. The molecule has 4 N–H and O–H groups in total. The first-order chi connectivity index (χ1) is 9.46. The van der Waals surface area contributed by atoms with Gasteiger partial charge in [-0.15, -0.1) is 11.3 Å². The Balaban J connectivity index is 3.07. The molecule has 0 spiro atoms. The average molecular weight is 299 g/mol. The molecule has 1 rings (SSSR count). The van der Waals surface area contributed by atoms with Gasteiger partial charge >= 0.3 is 0 Å². The number of anilines is 2. The van der Waals surface area contributed by atoms with Crippen molar-refractivity contribution in [2.75, 3.05) is 24.7 Å². The smallest absolute Gasteiger partial charge is 0.263 e. The van der Waals surface area contributed by atoms with Crippen LogP contribution in [0.25, 0.3) is 0 Å². The highest BCUT2D eigenvalue weighted by atomic mass is 32.1. The summed E-state index contributed by atoms with van der Waals surface area (Å²) in [7, 11) is 1.57. The largest absolute Gasteiger partial charge is 0.492 e. The first kappa shape index (κ1) is 16.6. The van der Waals surface area contributed by atoms with Crippen LogP contribution in [-0.4, -0.2) is 25.6 Å². The van der Waals surface area contributed by atoms with Crippen LogP contribution in [0.3, 0.4) is 0 Å². The fourth-order valence-corrected chi connectivity index (χ4v) is 3.11. The molecule has 0 aliphatic heterocycles. The zero-order valence-corrected chi connectivity index (χ0v) is 13.7. The molecule has 114 valence electrons. The van der Waals surface area contributed by atoms with Crippen molar-refractivity contribution in [2.45, 2.75) is 40.2 Å². The molecule has 5 nitrogen and oxygen atoms in total. The van der Waals surface area contributed by atoms with Gasteiger partial charge < -0.3 is 21.1 Å². The molecule has 0 bridgehead atoms. The number of amides is 1. The van der Waals surface area contributed by atoms with Crippen molar-refractivity contribution < 1.29 is 9.53 Å². The van der Waals surface area contributed by atoms with Crippen molar-refractivity contribution >= 4 is 27.9 Å². The van der Waals surface area contributed by atoms with E-state index in [4.69, 9.17) is 10.5 Å². The van der Waals surface area contributed by atoms with Crippen LogP contribution in [-0.2, 0) is 0 Å². The fraction of sp³-hybridized carbons (Fsp3) is 0.643. The lowest BCUT2D eigenvalue weighted by atomic mass is 10.0. The predicted molar refractivity (Wildman–Crippen MR) is 85.8 cm³/mol. The molecular weight excluding hydrogens is 274 g/mol. The van der Waals surface area contributed by atoms with Crippen LogP contribution in [0.4, 0.5) is 10.7 Å². The average Bonchev–Trinajstić information content (AvgIpc) is 2.72. The molecule has 1 amide bonds. The maximum absolute atomic E-state index is 12.0. The van der Waals surface area contributed by atoms with Crippen molar-refractivity contribution in [3.05, 3.63) is 4.88 Å². The summed E-state index contributed by atoms with van der Waals surface area (Å²) in [5.74, 6) is 0.898. The van der Waals surface area contributed by atoms with Crippen LogP contribution in [0.1, 0.15) is 43.8 Å². The number of nitrogens with one attached hydrogen (secondary N) is 2. The Morgan fingerprint density at radius 3 is 2.50 bits per heavy atom. The van der Waals surface area contributed by atoms with E-state index in [0.717, 1.165) is 11.4 Å². The zero-order valence-electron chi connectivity index (χ0n) is 12.9. The summed E-state index contributed by atoms with van der Waals surface area (Å²) in [4.78, 5) is 12.5. The highest BCUT2D eigenvalue weighted by Crippen LogP contribution is 2.43. The van der Waals surface area contributed by atoms with Crippen molar-refractivity contribution in [3.8, 4) is 5.75 Å². The van der Waals surface area contributed by atoms with Crippen LogP contribution >= 0.6 is 11.3 Å². The Morgan fingerprint density at radius 2 is 2.05 bits per heavy atom. The molecule has 0 fully saturated rings. The van der Waals surface area contributed by atoms with Gasteiger partial charge in [-0.25, -0.2) is 0 Å². The van der Waals surface area contributed by atoms with Crippen LogP contribution in [0.5, 0.6) is 5.75 Å². The SMILES string of the molecule is CCNC(=O)c1sc(NC(CC)C(C)C)c(OC)c1N. The third-order valence-corrected chi connectivity index (χ3v) is 4.33. The first-order valence-electron chi connectivity index (χ1n) is 6.97. The van der Waals surface area contributed by atoms with Gasteiger partial charge in [0, 0.05) is 12.6 Å². The molecule has 1 aromatic heterocycles. The molecule has 0 aliphatic rings. The standard InChI is InChI=1S/C14H25N3O2S/c1-6-9(8(3)4)17-14-11(19-5)10(15)12(20-14)13(18)16-7-2/h8-9,17H,6-7,15H2,1-5H3,(H,16,18). The highest BCUT2D eigenvalue weighted by Gasteiger charge is 2.23. The van der Waals surface area contributed by atoms with E-state index in [-0.39, 0.29) is 5.91 Å². The minimum Gasteiger partial charge on any atom is -0.492 e. The van der Waals surface area contributed by atoms with E-state index in [1.807, 2.05) is 6.92 Å².